The standard InChI is InChI=1S/C16H24N2O3/c1-4-13-7-5-6-8-14(13)21-11-16(20)18-17-15(19)10-9-12(2)3/h5-8,12H,4,9-11H2,1-3H3,(H,17,19)(H,18,20). The maximum atomic E-state index is 11.6. The highest BCUT2D eigenvalue weighted by molar-refractivity contribution is 5.82. The molecule has 0 atom stereocenters. The van der Waals surface area contributed by atoms with Gasteiger partial charge in [-0.3, -0.25) is 20.4 Å². The third kappa shape index (κ3) is 6.79. The van der Waals surface area contributed by atoms with E-state index in [1.54, 1.807) is 0 Å². The molecule has 0 saturated heterocycles. The molecule has 116 valence electrons. The summed E-state index contributed by atoms with van der Waals surface area (Å²) in [4.78, 5) is 23.1. The normalized spacial score (nSPS) is 10.3. The SMILES string of the molecule is CCc1ccccc1OCC(=O)NNC(=O)CCC(C)C. The van der Waals surface area contributed by atoms with Crippen molar-refractivity contribution in [1.29, 1.82) is 0 Å². The summed E-state index contributed by atoms with van der Waals surface area (Å²) in [5, 5.41) is 0. The Morgan fingerprint density at radius 1 is 1.14 bits per heavy atom. The van der Waals surface area contributed by atoms with Crippen molar-refractivity contribution in [2.45, 2.75) is 40.0 Å². The Morgan fingerprint density at radius 3 is 2.48 bits per heavy atom. The van der Waals surface area contributed by atoms with Crippen molar-refractivity contribution in [1.82, 2.24) is 10.9 Å². The van der Waals surface area contributed by atoms with Crippen molar-refractivity contribution in [3.8, 4) is 5.75 Å². The summed E-state index contributed by atoms with van der Waals surface area (Å²) in [6.07, 6.45) is 2.03. The van der Waals surface area contributed by atoms with Crippen LogP contribution in [-0.2, 0) is 16.0 Å². The van der Waals surface area contributed by atoms with Crippen LogP contribution in [0.5, 0.6) is 5.75 Å². The summed E-state index contributed by atoms with van der Waals surface area (Å²) < 4.78 is 5.46. The van der Waals surface area contributed by atoms with Gasteiger partial charge in [-0.05, 0) is 30.4 Å². The second kappa shape index (κ2) is 9.00. The zero-order valence-corrected chi connectivity index (χ0v) is 12.9. The van der Waals surface area contributed by atoms with E-state index in [9.17, 15) is 9.59 Å². The number of carbonyl (C=O) groups is 2. The lowest BCUT2D eigenvalue weighted by Crippen LogP contribution is -2.43. The van der Waals surface area contributed by atoms with Crippen LogP contribution in [0.4, 0.5) is 0 Å². The Morgan fingerprint density at radius 2 is 1.81 bits per heavy atom. The van der Waals surface area contributed by atoms with E-state index in [1.807, 2.05) is 45.0 Å². The lowest BCUT2D eigenvalue weighted by molar-refractivity contribution is -0.130. The van der Waals surface area contributed by atoms with Crippen LogP contribution in [0, 0.1) is 5.92 Å². The van der Waals surface area contributed by atoms with Gasteiger partial charge in [0.1, 0.15) is 5.75 Å². The number of benzene rings is 1. The van der Waals surface area contributed by atoms with E-state index in [4.69, 9.17) is 4.74 Å². The zero-order chi connectivity index (χ0) is 15.7. The number of carbonyl (C=O) groups excluding carboxylic acids is 2. The second-order valence-corrected chi connectivity index (χ2v) is 5.28. The minimum atomic E-state index is -0.376. The smallest absolute Gasteiger partial charge is 0.276 e. The topological polar surface area (TPSA) is 67.4 Å². The number of hydrogen-bond donors (Lipinski definition) is 2. The molecular formula is C16H24N2O3. The molecule has 5 heteroatoms. The van der Waals surface area contributed by atoms with Crippen LogP contribution in [0.25, 0.3) is 0 Å². The first-order valence-corrected chi connectivity index (χ1v) is 7.31. The molecule has 5 nitrogen and oxygen atoms in total. The minimum Gasteiger partial charge on any atom is -0.483 e. The van der Waals surface area contributed by atoms with Crippen LogP contribution in [0.15, 0.2) is 24.3 Å². The number of rotatable bonds is 7. The van der Waals surface area contributed by atoms with Gasteiger partial charge in [-0.15, -0.1) is 0 Å². The van der Waals surface area contributed by atoms with Crippen molar-refractivity contribution >= 4 is 11.8 Å². The van der Waals surface area contributed by atoms with Crippen molar-refractivity contribution < 1.29 is 14.3 Å². The molecule has 2 amide bonds. The van der Waals surface area contributed by atoms with Gasteiger partial charge in [-0.25, -0.2) is 0 Å². The third-order valence-electron chi connectivity index (χ3n) is 3.00. The monoisotopic (exact) mass is 292 g/mol. The summed E-state index contributed by atoms with van der Waals surface area (Å²) in [5.74, 6) is 0.589. The zero-order valence-electron chi connectivity index (χ0n) is 12.9. The van der Waals surface area contributed by atoms with Gasteiger partial charge in [-0.2, -0.15) is 0 Å². The fourth-order valence-corrected chi connectivity index (χ4v) is 1.74. The number of hydrazine groups is 1. The van der Waals surface area contributed by atoms with Crippen LogP contribution in [-0.4, -0.2) is 18.4 Å². The van der Waals surface area contributed by atoms with E-state index in [2.05, 4.69) is 10.9 Å². The molecular weight excluding hydrogens is 268 g/mol. The first kappa shape index (κ1) is 17.0. The molecule has 0 bridgehead atoms. The molecule has 1 rings (SSSR count). The lowest BCUT2D eigenvalue weighted by Gasteiger charge is -2.11. The fourth-order valence-electron chi connectivity index (χ4n) is 1.74. The first-order valence-electron chi connectivity index (χ1n) is 7.31. The van der Waals surface area contributed by atoms with Gasteiger partial charge in [0.2, 0.25) is 5.91 Å². The summed E-state index contributed by atoms with van der Waals surface area (Å²) in [5.41, 5.74) is 5.78. The molecule has 0 heterocycles. The van der Waals surface area contributed by atoms with Crippen LogP contribution in [0.3, 0.4) is 0 Å². The average Bonchev–Trinajstić information content (AvgIpc) is 2.49. The quantitative estimate of drug-likeness (QED) is 0.757. The molecule has 0 fully saturated rings. The summed E-state index contributed by atoms with van der Waals surface area (Å²) >= 11 is 0. The van der Waals surface area contributed by atoms with Gasteiger partial charge in [-0.1, -0.05) is 39.0 Å². The molecule has 0 saturated carbocycles. The lowest BCUT2D eigenvalue weighted by atomic mass is 10.1. The van der Waals surface area contributed by atoms with Crippen molar-refractivity contribution in [2.24, 2.45) is 5.92 Å². The molecule has 0 spiro atoms. The molecule has 0 unspecified atom stereocenters. The number of nitrogens with one attached hydrogen (secondary N) is 2. The summed E-state index contributed by atoms with van der Waals surface area (Å²) in [7, 11) is 0. The van der Waals surface area contributed by atoms with Crippen LogP contribution in [0.1, 0.15) is 39.2 Å². The van der Waals surface area contributed by atoms with E-state index in [0.29, 0.717) is 18.1 Å². The Bertz CT molecular complexity index is 472. The third-order valence-corrected chi connectivity index (χ3v) is 3.00. The van der Waals surface area contributed by atoms with E-state index < -0.39 is 0 Å². The van der Waals surface area contributed by atoms with E-state index in [1.165, 1.54) is 0 Å². The highest BCUT2D eigenvalue weighted by Gasteiger charge is 2.07. The summed E-state index contributed by atoms with van der Waals surface area (Å²) in [6.45, 7) is 5.99. The molecule has 1 aromatic carbocycles. The Labute approximate surface area is 126 Å². The average molecular weight is 292 g/mol. The van der Waals surface area contributed by atoms with Gasteiger partial charge < -0.3 is 4.74 Å². The molecule has 21 heavy (non-hydrogen) atoms. The van der Waals surface area contributed by atoms with Crippen LogP contribution in [0.2, 0.25) is 0 Å². The number of hydrogen-bond acceptors (Lipinski definition) is 3. The Balaban J connectivity index is 2.29. The van der Waals surface area contributed by atoms with E-state index in [0.717, 1.165) is 18.4 Å². The maximum absolute atomic E-state index is 11.6. The largest absolute Gasteiger partial charge is 0.483 e. The predicted octanol–water partition coefficient (Wildman–Crippen LogP) is 2.21. The second-order valence-electron chi connectivity index (χ2n) is 5.28. The molecule has 0 aliphatic heterocycles. The predicted molar refractivity (Wildman–Crippen MR) is 81.7 cm³/mol. The van der Waals surface area contributed by atoms with Crippen LogP contribution >= 0.6 is 0 Å². The van der Waals surface area contributed by atoms with Crippen molar-refractivity contribution in [3.05, 3.63) is 29.8 Å². The van der Waals surface area contributed by atoms with Crippen molar-refractivity contribution in [2.75, 3.05) is 6.61 Å². The fraction of sp³-hybridized carbons (Fsp3) is 0.500. The van der Waals surface area contributed by atoms with E-state index >= 15 is 0 Å². The maximum Gasteiger partial charge on any atom is 0.276 e. The summed E-state index contributed by atoms with van der Waals surface area (Å²) in [6, 6.07) is 7.58. The number of aryl methyl sites for hydroxylation is 1. The first-order chi connectivity index (χ1) is 10.0. The molecule has 0 aliphatic carbocycles. The number of para-hydroxylation sites is 1. The molecule has 0 aromatic heterocycles. The Kier molecular flexibility index (Phi) is 7.29. The molecule has 0 aliphatic rings. The molecule has 0 radical (unpaired) electrons. The van der Waals surface area contributed by atoms with Gasteiger partial charge in [0.05, 0.1) is 0 Å². The van der Waals surface area contributed by atoms with Crippen molar-refractivity contribution in [3.63, 3.8) is 0 Å². The number of ether oxygens (including phenoxy) is 1. The van der Waals surface area contributed by atoms with E-state index in [-0.39, 0.29) is 18.4 Å². The van der Waals surface area contributed by atoms with Gasteiger partial charge in [0, 0.05) is 6.42 Å². The van der Waals surface area contributed by atoms with Gasteiger partial charge in [0.15, 0.2) is 6.61 Å². The van der Waals surface area contributed by atoms with Gasteiger partial charge >= 0.3 is 0 Å². The van der Waals surface area contributed by atoms with Gasteiger partial charge in [0.25, 0.3) is 5.91 Å². The van der Waals surface area contributed by atoms with Crippen LogP contribution < -0.4 is 15.6 Å². The number of amides is 2. The Hall–Kier alpha value is -2.04. The minimum absolute atomic E-state index is 0.124. The highest BCUT2D eigenvalue weighted by Crippen LogP contribution is 2.17. The highest BCUT2D eigenvalue weighted by atomic mass is 16.5. The molecule has 2 N–H and O–H groups in total. The molecule has 1 aromatic rings.